The second-order valence-corrected chi connectivity index (χ2v) is 9.97. The molecule has 0 unspecified atom stereocenters. The van der Waals surface area contributed by atoms with Crippen molar-refractivity contribution in [1.29, 1.82) is 0 Å². The fourth-order valence-corrected chi connectivity index (χ4v) is 4.76. The Bertz CT molecular complexity index is 1880. The minimum absolute atomic E-state index is 0.00184. The number of halogens is 4. The molecule has 0 bridgehead atoms. The van der Waals surface area contributed by atoms with Crippen LogP contribution in [0, 0.1) is 12.7 Å². The lowest BCUT2D eigenvalue weighted by molar-refractivity contribution is -0.464. The first-order valence-corrected chi connectivity index (χ1v) is 13.2. The van der Waals surface area contributed by atoms with E-state index in [4.69, 9.17) is 4.98 Å². The number of fused-ring (bicyclic) bond motifs is 1. The van der Waals surface area contributed by atoms with Gasteiger partial charge >= 0.3 is 12.1 Å². The maximum atomic E-state index is 13.9. The zero-order valence-corrected chi connectivity index (χ0v) is 22.8. The maximum Gasteiger partial charge on any atom is 0.419 e. The molecule has 9 heteroatoms. The molecule has 0 saturated carbocycles. The van der Waals surface area contributed by atoms with E-state index in [9.17, 15) is 27.2 Å². The lowest BCUT2D eigenvalue weighted by Gasteiger charge is -2.14. The van der Waals surface area contributed by atoms with Crippen molar-refractivity contribution in [3.05, 3.63) is 141 Å². The number of hydrogen-bond donors (Lipinski definition) is 0. The van der Waals surface area contributed by atoms with Crippen LogP contribution in [0.1, 0.15) is 35.0 Å². The van der Waals surface area contributed by atoms with Gasteiger partial charge in [0.1, 0.15) is 5.82 Å². The van der Waals surface area contributed by atoms with E-state index in [1.165, 1.54) is 9.14 Å². The Kier molecular flexibility index (Phi) is 7.85. The molecule has 0 saturated heterocycles. The van der Waals surface area contributed by atoms with Crippen LogP contribution in [0.3, 0.4) is 0 Å². The second-order valence-electron chi connectivity index (χ2n) is 9.97. The van der Waals surface area contributed by atoms with E-state index >= 15 is 0 Å². The third kappa shape index (κ3) is 5.90. The third-order valence-electron chi connectivity index (χ3n) is 6.97. The topological polar surface area (TPSA) is 55.0 Å². The van der Waals surface area contributed by atoms with Gasteiger partial charge in [-0.25, -0.2) is 14.2 Å². The Labute approximate surface area is 239 Å². The Balaban J connectivity index is 1.71. The molecule has 0 radical (unpaired) electrons. The molecule has 42 heavy (non-hydrogen) atoms. The van der Waals surface area contributed by atoms with Gasteiger partial charge in [-0.15, -0.1) is 0 Å². The summed E-state index contributed by atoms with van der Waals surface area (Å²) in [6.07, 6.45) is -5.34. The van der Waals surface area contributed by atoms with E-state index in [-0.39, 0.29) is 23.5 Å². The Morgan fingerprint density at radius 3 is 2.24 bits per heavy atom. The normalized spacial score (nSPS) is 12.3. The summed E-state index contributed by atoms with van der Waals surface area (Å²) in [5.74, 6) is -1.75. The first-order valence-electron chi connectivity index (χ1n) is 13.2. The van der Waals surface area contributed by atoms with Crippen molar-refractivity contribution in [2.75, 3.05) is 0 Å². The van der Waals surface area contributed by atoms with Gasteiger partial charge in [0.2, 0.25) is 11.5 Å². The number of aryl methyl sites for hydroxylation is 1. The van der Waals surface area contributed by atoms with Crippen LogP contribution in [0.25, 0.3) is 16.6 Å². The summed E-state index contributed by atoms with van der Waals surface area (Å²) in [4.78, 5) is 32.4. The number of carbonyl (C=O) groups excluding carboxylic acids is 1. The number of nitrogens with zero attached hydrogens (tertiary/aromatic N) is 3. The summed E-state index contributed by atoms with van der Waals surface area (Å²) >= 11 is 0. The monoisotopic (exact) mass is 572 g/mol. The van der Waals surface area contributed by atoms with Crippen molar-refractivity contribution in [2.45, 2.75) is 33.0 Å². The predicted octanol–water partition coefficient (Wildman–Crippen LogP) is 6.64. The highest BCUT2D eigenvalue weighted by atomic mass is 19.4. The number of benzene rings is 4. The summed E-state index contributed by atoms with van der Waals surface area (Å²) in [6.45, 7) is 3.63. The van der Waals surface area contributed by atoms with Crippen LogP contribution in [0.5, 0.6) is 0 Å². The molecule has 0 spiro atoms. The molecule has 5 aromatic rings. The highest BCUT2D eigenvalue weighted by Crippen LogP contribution is 2.32. The second kappa shape index (κ2) is 11.5. The molecule has 1 amide bonds. The molecule has 4 aromatic carbocycles. The van der Waals surface area contributed by atoms with Gasteiger partial charge in [-0.1, -0.05) is 66.2 Å². The summed E-state index contributed by atoms with van der Waals surface area (Å²) in [6, 6.07) is 25.7. The van der Waals surface area contributed by atoms with Gasteiger partial charge in [0.05, 0.1) is 28.6 Å². The summed E-state index contributed by atoms with van der Waals surface area (Å²) < 4.78 is 56.9. The van der Waals surface area contributed by atoms with Gasteiger partial charge < -0.3 is 0 Å². The standard InChI is InChI=1S/C33H26F4N3O2/c1-21-12-15-25(16-13-21)40-31(38-29-11-7-6-10-26(29)32(40)42)22(2)39(20-23-8-4-3-5-9-23)30(41)19-24-14-17-28(34)27(18-24)33(35,36)37/h3-18H,19-20H2,1-2H3/q+1. The number of para-hydroxylation sites is 1. The van der Waals surface area contributed by atoms with E-state index in [1.807, 2.05) is 37.3 Å². The van der Waals surface area contributed by atoms with Crippen molar-refractivity contribution in [3.8, 4) is 5.69 Å². The number of alkyl halides is 3. The zero-order valence-electron chi connectivity index (χ0n) is 22.8. The molecule has 5 nitrogen and oxygen atoms in total. The summed E-state index contributed by atoms with van der Waals surface area (Å²) in [5.41, 5.74) is 1.27. The predicted molar refractivity (Wildman–Crippen MR) is 152 cm³/mol. The summed E-state index contributed by atoms with van der Waals surface area (Å²) in [5, 5.41) is 0.390. The highest BCUT2D eigenvalue weighted by molar-refractivity contribution is 5.97. The number of amides is 1. The van der Waals surface area contributed by atoms with Gasteiger partial charge in [0.15, 0.2) is 6.54 Å². The lowest BCUT2D eigenvalue weighted by Crippen LogP contribution is -2.33. The molecule has 0 N–H and O–H groups in total. The van der Waals surface area contributed by atoms with Crippen LogP contribution in [0.2, 0.25) is 0 Å². The van der Waals surface area contributed by atoms with Crippen LogP contribution in [-0.2, 0) is 23.9 Å². The van der Waals surface area contributed by atoms with Gasteiger partial charge in [0.25, 0.3) is 5.56 Å². The van der Waals surface area contributed by atoms with Crippen LogP contribution in [-0.4, -0.2) is 25.7 Å². The van der Waals surface area contributed by atoms with E-state index in [1.54, 1.807) is 55.5 Å². The summed E-state index contributed by atoms with van der Waals surface area (Å²) in [7, 11) is 0. The molecule has 212 valence electrons. The fourth-order valence-electron chi connectivity index (χ4n) is 4.76. The van der Waals surface area contributed by atoms with Crippen molar-refractivity contribution in [2.24, 2.45) is 0 Å². The number of carbonyl (C=O) groups is 1. The molecule has 0 aliphatic carbocycles. The Morgan fingerprint density at radius 2 is 1.55 bits per heavy atom. The van der Waals surface area contributed by atoms with Crippen molar-refractivity contribution >= 4 is 22.5 Å². The number of aromatic nitrogens is 2. The van der Waals surface area contributed by atoms with E-state index in [2.05, 4.69) is 0 Å². The molecular weight excluding hydrogens is 546 g/mol. The Hall–Kier alpha value is -4.92. The van der Waals surface area contributed by atoms with Crippen LogP contribution in [0.4, 0.5) is 17.6 Å². The lowest BCUT2D eigenvalue weighted by atomic mass is 10.1. The molecular formula is C33H26F4N3O2+. The zero-order chi connectivity index (χ0) is 30.0. The van der Waals surface area contributed by atoms with Gasteiger partial charge in [0, 0.05) is 12.5 Å². The quantitative estimate of drug-likeness (QED) is 0.130. The van der Waals surface area contributed by atoms with Crippen LogP contribution in [0.15, 0.2) is 102 Å². The average Bonchev–Trinajstić information content (AvgIpc) is 2.97. The minimum atomic E-state index is -4.91. The third-order valence-corrected chi connectivity index (χ3v) is 6.97. The van der Waals surface area contributed by atoms with Gasteiger partial charge in [-0.3, -0.25) is 9.36 Å². The van der Waals surface area contributed by atoms with Gasteiger partial charge in [-0.2, -0.15) is 17.7 Å². The SMILES string of the molecule is CC(c1nc2ccccc2c(=O)n1-c1ccc(C)cc1)=[N+](Cc1ccccc1)C(=O)Cc1ccc(F)c(C(F)(F)F)c1. The smallest absolute Gasteiger partial charge is 0.268 e. The van der Waals surface area contributed by atoms with Gasteiger partial charge in [-0.05, 0) is 48.9 Å². The first-order chi connectivity index (χ1) is 20.0. The van der Waals surface area contributed by atoms with Crippen molar-refractivity contribution in [1.82, 2.24) is 9.55 Å². The van der Waals surface area contributed by atoms with Crippen LogP contribution < -0.4 is 5.56 Å². The molecule has 0 aliphatic heterocycles. The number of rotatable bonds is 6. The molecule has 1 heterocycles. The number of hydrogen-bond acceptors (Lipinski definition) is 3. The first kappa shape index (κ1) is 28.6. The molecule has 1 aromatic heterocycles. The molecule has 5 rings (SSSR count). The maximum absolute atomic E-state index is 13.9. The molecule has 0 atom stereocenters. The Morgan fingerprint density at radius 1 is 0.881 bits per heavy atom. The van der Waals surface area contributed by atoms with E-state index in [0.29, 0.717) is 34.4 Å². The van der Waals surface area contributed by atoms with Crippen molar-refractivity contribution in [3.63, 3.8) is 0 Å². The van der Waals surface area contributed by atoms with Crippen LogP contribution >= 0.6 is 0 Å². The van der Waals surface area contributed by atoms with Crippen molar-refractivity contribution < 1.29 is 26.9 Å². The molecule has 0 aliphatic rings. The molecule has 0 fully saturated rings. The van der Waals surface area contributed by atoms with E-state index in [0.717, 1.165) is 17.2 Å². The largest absolute Gasteiger partial charge is 0.419 e. The van der Waals surface area contributed by atoms with E-state index < -0.39 is 29.9 Å². The average molecular weight is 573 g/mol. The fraction of sp³-hybridized carbons (Fsp3) is 0.152. The minimum Gasteiger partial charge on any atom is -0.268 e. The highest BCUT2D eigenvalue weighted by Gasteiger charge is 2.35.